The fraction of sp³-hybridized carbons (Fsp3) is 0.400. The van der Waals surface area contributed by atoms with E-state index in [2.05, 4.69) is 21.5 Å². The van der Waals surface area contributed by atoms with Crippen LogP contribution in [0.15, 0.2) is 35.4 Å². The van der Waals surface area contributed by atoms with E-state index in [0.717, 1.165) is 59.9 Å². The maximum Gasteiger partial charge on any atom is 0.164 e. The molecule has 0 atom stereocenters. The van der Waals surface area contributed by atoms with E-state index in [0.29, 0.717) is 36.9 Å². The monoisotopic (exact) mass is 464 g/mol. The van der Waals surface area contributed by atoms with E-state index in [4.69, 9.17) is 19.4 Å². The number of aryl methyl sites for hydroxylation is 2. The first-order chi connectivity index (χ1) is 16.5. The first-order valence-electron chi connectivity index (χ1n) is 11.6. The topological polar surface area (TPSA) is 76.8 Å². The molecule has 0 spiro atoms. The normalized spacial score (nSPS) is 17.2. The van der Waals surface area contributed by atoms with Crippen molar-refractivity contribution in [2.45, 2.75) is 20.3 Å². The van der Waals surface area contributed by atoms with Gasteiger partial charge in [0.15, 0.2) is 11.5 Å². The molecule has 0 aliphatic carbocycles. The molecular formula is C25H29FN6O2. The molecule has 1 N–H and O–H groups in total. The molecule has 0 amide bonds. The molecule has 178 valence electrons. The van der Waals surface area contributed by atoms with Gasteiger partial charge in [-0.1, -0.05) is 17.7 Å². The number of hydrogen-bond donors (Lipinski definition) is 1. The lowest BCUT2D eigenvalue weighted by molar-refractivity contribution is 0.123. The van der Waals surface area contributed by atoms with Gasteiger partial charge in [-0.25, -0.2) is 14.4 Å². The van der Waals surface area contributed by atoms with Crippen LogP contribution in [0.2, 0.25) is 0 Å². The molecule has 0 saturated carbocycles. The number of nitrogens with one attached hydrogen (secondary N) is 1. The van der Waals surface area contributed by atoms with Crippen molar-refractivity contribution in [2.75, 3.05) is 49.8 Å². The van der Waals surface area contributed by atoms with Crippen LogP contribution in [0.1, 0.15) is 30.3 Å². The Labute approximate surface area is 198 Å². The van der Waals surface area contributed by atoms with Crippen molar-refractivity contribution in [1.29, 1.82) is 0 Å². The molecule has 1 fully saturated rings. The Morgan fingerprint density at radius 3 is 2.71 bits per heavy atom. The second-order valence-electron chi connectivity index (χ2n) is 8.66. The third-order valence-electron chi connectivity index (χ3n) is 6.21. The number of fused-ring (bicyclic) bond motifs is 1. The fourth-order valence-corrected chi connectivity index (χ4v) is 4.35. The number of halogens is 1. The van der Waals surface area contributed by atoms with Crippen LogP contribution in [0, 0.1) is 12.7 Å². The van der Waals surface area contributed by atoms with Gasteiger partial charge in [-0.3, -0.25) is 5.43 Å². The molecule has 5 rings (SSSR count). The summed E-state index contributed by atoms with van der Waals surface area (Å²) in [6.45, 7) is 7.85. The summed E-state index contributed by atoms with van der Waals surface area (Å²) in [6.07, 6.45) is 3.06. The van der Waals surface area contributed by atoms with Crippen molar-refractivity contribution in [3.8, 4) is 0 Å². The van der Waals surface area contributed by atoms with Crippen molar-refractivity contribution in [3.63, 3.8) is 0 Å². The van der Waals surface area contributed by atoms with Gasteiger partial charge in [-0.05, 0) is 32.4 Å². The molecule has 0 unspecified atom stereocenters. The van der Waals surface area contributed by atoms with E-state index in [-0.39, 0.29) is 5.82 Å². The van der Waals surface area contributed by atoms with Crippen molar-refractivity contribution in [2.24, 2.45) is 12.1 Å². The fourth-order valence-electron chi connectivity index (χ4n) is 4.35. The predicted molar refractivity (Wildman–Crippen MR) is 132 cm³/mol. The third kappa shape index (κ3) is 4.41. The number of pyridine rings is 1. The summed E-state index contributed by atoms with van der Waals surface area (Å²) in [6, 6.07) is 6.96. The van der Waals surface area contributed by atoms with Crippen molar-refractivity contribution < 1.29 is 13.9 Å². The highest BCUT2D eigenvalue weighted by atomic mass is 19.1. The molecule has 34 heavy (non-hydrogen) atoms. The van der Waals surface area contributed by atoms with Gasteiger partial charge in [0.2, 0.25) is 0 Å². The van der Waals surface area contributed by atoms with Crippen LogP contribution in [0.5, 0.6) is 0 Å². The Bertz CT molecular complexity index is 1280. The zero-order chi connectivity index (χ0) is 23.7. The number of morpholine rings is 1. The second kappa shape index (κ2) is 9.52. The number of ether oxygens (including phenoxy) is 2. The Morgan fingerprint density at radius 1 is 1.12 bits per heavy atom. The number of hydrogen-bond acceptors (Lipinski definition) is 7. The Hall–Kier alpha value is -3.30. The average molecular weight is 465 g/mol. The van der Waals surface area contributed by atoms with Crippen molar-refractivity contribution >= 4 is 34.0 Å². The quantitative estimate of drug-likeness (QED) is 0.456. The van der Waals surface area contributed by atoms with Gasteiger partial charge in [-0.15, -0.1) is 0 Å². The van der Waals surface area contributed by atoms with Crippen molar-refractivity contribution in [3.05, 3.63) is 53.1 Å². The number of benzene rings is 1. The van der Waals surface area contributed by atoms with E-state index in [9.17, 15) is 4.39 Å². The van der Waals surface area contributed by atoms with Gasteiger partial charge in [0.1, 0.15) is 17.2 Å². The van der Waals surface area contributed by atoms with E-state index in [1.165, 1.54) is 6.07 Å². The van der Waals surface area contributed by atoms with Crippen molar-refractivity contribution in [1.82, 2.24) is 14.5 Å². The summed E-state index contributed by atoms with van der Waals surface area (Å²) in [7, 11) is 1.97. The Kier molecular flexibility index (Phi) is 6.30. The van der Waals surface area contributed by atoms with Gasteiger partial charge in [-0.2, -0.15) is 5.10 Å². The minimum Gasteiger partial charge on any atom is -0.378 e. The molecule has 1 aromatic carbocycles. The van der Waals surface area contributed by atoms with Crippen LogP contribution in [-0.4, -0.2) is 59.8 Å². The Balaban J connectivity index is 1.56. The van der Waals surface area contributed by atoms with Crippen LogP contribution >= 0.6 is 0 Å². The third-order valence-corrected chi connectivity index (χ3v) is 6.21. The smallest absolute Gasteiger partial charge is 0.164 e. The summed E-state index contributed by atoms with van der Waals surface area (Å²) >= 11 is 0. The maximum absolute atomic E-state index is 14.3. The Morgan fingerprint density at radius 2 is 1.94 bits per heavy atom. The van der Waals surface area contributed by atoms with Crippen LogP contribution in [0.4, 0.5) is 15.9 Å². The number of anilines is 2. The van der Waals surface area contributed by atoms with Gasteiger partial charge >= 0.3 is 0 Å². The molecule has 2 aromatic heterocycles. The van der Waals surface area contributed by atoms with E-state index < -0.39 is 0 Å². The molecule has 4 heterocycles. The largest absolute Gasteiger partial charge is 0.378 e. The lowest BCUT2D eigenvalue weighted by atomic mass is 10.1. The predicted octanol–water partition coefficient (Wildman–Crippen LogP) is 3.89. The minimum absolute atomic E-state index is 0.301. The number of aromatic nitrogens is 3. The molecule has 0 bridgehead atoms. The van der Waals surface area contributed by atoms with E-state index in [1.807, 2.05) is 24.6 Å². The first-order valence-corrected chi connectivity index (χ1v) is 11.6. The second-order valence-corrected chi connectivity index (χ2v) is 8.66. The number of imidazole rings is 1. The van der Waals surface area contributed by atoms with E-state index in [1.54, 1.807) is 19.1 Å². The number of hydrazone groups is 1. The lowest BCUT2D eigenvalue weighted by Crippen LogP contribution is -2.36. The maximum atomic E-state index is 14.3. The van der Waals surface area contributed by atoms with Crippen LogP contribution in [0.3, 0.4) is 0 Å². The lowest BCUT2D eigenvalue weighted by Gasteiger charge is -2.29. The zero-order valence-corrected chi connectivity index (χ0v) is 19.8. The molecule has 2 aliphatic rings. The average Bonchev–Trinajstić information content (AvgIpc) is 3.21. The van der Waals surface area contributed by atoms with Crippen LogP contribution < -0.4 is 10.3 Å². The highest BCUT2D eigenvalue weighted by Gasteiger charge is 2.22. The zero-order valence-electron chi connectivity index (χ0n) is 19.8. The molecule has 2 aliphatic heterocycles. The van der Waals surface area contributed by atoms with Gasteiger partial charge < -0.3 is 18.9 Å². The SMILES string of the molecule is C/C(=N\Nc1cc(N2CCOCC2)c2nc(C3=CCCOC3)n(C)c2n1)c1cc(C)ccc1F. The summed E-state index contributed by atoms with van der Waals surface area (Å²) in [4.78, 5) is 12.0. The highest BCUT2D eigenvalue weighted by Crippen LogP contribution is 2.31. The van der Waals surface area contributed by atoms with Gasteiger partial charge in [0, 0.05) is 37.3 Å². The standard InChI is InChI=1S/C25H29FN6O2/c1-16-6-7-20(26)19(13-16)17(2)29-30-22-14-21(32-8-11-33-12-9-32)23-25(27-22)31(3)24(28-23)18-5-4-10-34-15-18/h5-7,13-14H,4,8-12,15H2,1-3H3,(H,27,30)/b29-17+. The summed E-state index contributed by atoms with van der Waals surface area (Å²) in [5.74, 6) is 1.13. The highest BCUT2D eigenvalue weighted by molar-refractivity contribution is 5.99. The van der Waals surface area contributed by atoms with E-state index >= 15 is 0 Å². The molecule has 9 heteroatoms. The number of nitrogens with zero attached hydrogens (tertiary/aromatic N) is 5. The molecular weight excluding hydrogens is 435 g/mol. The molecule has 1 saturated heterocycles. The van der Waals surface area contributed by atoms with Crippen LogP contribution in [-0.2, 0) is 16.5 Å². The molecule has 0 radical (unpaired) electrons. The van der Waals surface area contributed by atoms with Gasteiger partial charge in [0.25, 0.3) is 0 Å². The summed E-state index contributed by atoms with van der Waals surface area (Å²) in [5.41, 5.74) is 8.67. The summed E-state index contributed by atoms with van der Waals surface area (Å²) in [5, 5.41) is 4.45. The summed E-state index contributed by atoms with van der Waals surface area (Å²) < 4.78 is 27.5. The first kappa shape index (κ1) is 22.5. The minimum atomic E-state index is -0.301. The molecule has 8 nitrogen and oxygen atoms in total. The van der Waals surface area contributed by atoms with Crippen LogP contribution in [0.25, 0.3) is 16.7 Å². The molecule has 3 aromatic rings. The number of rotatable bonds is 5. The van der Waals surface area contributed by atoms with Gasteiger partial charge in [0.05, 0.1) is 37.8 Å².